The number of aromatic nitrogens is 3. The highest BCUT2D eigenvalue weighted by Gasteiger charge is 2.33. The quantitative estimate of drug-likeness (QED) is 0.785. The van der Waals surface area contributed by atoms with Crippen LogP contribution in [0, 0.1) is 5.92 Å². The second-order valence-electron chi connectivity index (χ2n) is 6.62. The number of carbonyl (C=O) groups is 1. The minimum Gasteiger partial charge on any atom is -0.396 e. The van der Waals surface area contributed by atoms with E-state index in [1.54, 1.807) is 4.90 Å². The van der Waals surface area contributed by atoms with E-state index in [2.05, 4.69) is 27.3 Å². The van der Waals surface area contributed by atoms with Gasteiger partial charge in [0, 0.05) is 25.6 Å². The summed E-state index contributed by atoms with van der Waals surface area (Å²) in [5.74, 6) is 0.135. The largest absolute Gasteiger partial charge is 0.396 e. The molecule has 6 heteroatoms. The molecule has 2 aromatic carbocycles. The Labute approximate surface area is 151 Å². The lowest BCUT2D eigenvalue weighted by Crippen LogP contribution is -2.44. The molecule has 1 aromatic heterocycles. The van der Waals surface area contributed by atoms with Crippen LogP contribution in [0.15, 0.2) is 54.6 Å². The first-order valence-electron chi connectivity index (χ1n) is 8.81. The van der Waals surface area contributed by atoms with Gasteiger partial charge in [-0.2, -0.15) is 0 Å². The highest BCUT2D eigenvalue weighted by molar-refractivity contribution is 5.92. The van der Waals surface area contributed by atoms with Gasteiger partial charge in [0.05, 0.1) is 5.52 Å². The zero-order valence-corrected chi connectivity index (χ0v) is 14.3. The van der Waals surface area contributed by atoms with Crippen molar-refractivity contribution in [1.29, 1.82) is 0 Å². The lowest BCUT2D eigenvalue weighted by Gasteiger charge is -2.37. The number of amides is 1. The number of rotatable bonds is 3. The van der Waals surface area contributed by atoms with Crippen LogP contribution in [0.25, 0.3) is 11.0 Å². The zero-order chi connectivity index (χ0) is 17.9. The topological polar surface area (TPSA) is 79.2 Å². The van der Waals surface area contributed by atoms with Gasteiger partial charge in [-0.3, -0.25) is 4.79 Å². The Kier molecular flexibility index (Phi) is 4.58. The van der Waals surface area contributed by atoms with Gasteiger partial charge in [-0.05, 0) is 30.0 Å². The Morgan fingerprint density at radius 1 is 1.04 bits per heavy atom. The molecule has 1 amide bonds. The second-order valence-corrected chi connectivity index (χ2v) is 6.62. The van der Waals surface area contributed by atoms with Crippen LogP contribution >= 0.6 is 0 Å². The summed E-state index contributed by atoms with van der Waals surface area (Å²) in [6.45, 7) is 1.15. The summed E-state index contributed by atoms with van der Waals surface area (Å²) in [5.41, 5.74) is 2.53. The molecule has 132 valence electrons. The van der Waals surface area contributed by atoms with Crippen LogP contribution in [0.4, 0.5) is 0 Å². The third-order valence-corrected chi connectivity index (χ3v) is 5.04. The third kappa shape index (κ3) is 3.15. The summed E-state index contributed by atoms with van der Waals surface area (Å²) in [6, 6.07) is 17.5. The smallest absolute Gasteiger partial charge is 0.293 e. The van der Waals surface area contributed by atoms with E-state index in [1.165, 1.54) is 5.56 Å². The van der Waals surface area contributed by atoms with E-state index in [9.17, 15) is 9.90 Å². The van der Waals surface area contributed by atoms with Gasteiger partial charge in [0.25, 0.3) is 5.91 Å². The Morgan fingerprint density at radius 3 is 2.54 bits per heavy atom. The van der Waals surface area contributed by atoms with Crippen molar-refractivity contribution in [3.63, 3.8) is 0 Å². The number of carbonyl (C=O) groups excluding carboxylic acids is 1. The van der Waals surface area contributed by atoms with Crippen LogP contribution in [0.1, 0.15) is 28.5 Å². The molecular weight excluding hydrogens is 328 g/mol. The maximum atomic E-state index is 12.8. The van der Waals surface area contributed by atoms with Crippen molar-refractivity contribution in [2.45, 2.75) is 12.3 Å². The maximum absolute atomic E-state index is 12.8. The fourth-order valence-electron chi connectivity index (χ4n) is 3.65. The number of likely N-dealkylation sites (tertiary alicyclic amines) is 1. The van der Waals surface area contributed by atoms with Crippen LogP contribution in [-0.2, 0) is 0 Å². The van der Waals surface area contributed by atoms with Gasteiger partial charge >= 0.3 is 0 Å². The fourth-order valence-corrected chi connectivity index (χ4v) is 3.65. The predicted molar refractivity (Wildman–Crippen MR) is 97.6 cm³/mol. The van der Waals surface area contributed by atoms with Crippen LogP contribution in [0.5, 0.6) is 0 Å². The molecule has 0 spiro atoms. The second kappa shape index (κ2) is 7.17. The van der Waals surface area contributed by atoms with E-state index in [0.29, 0.717) is 24.1 Å². The molecule has 0 aliphatic carbocycles. The number of piperidine rings is 1. The van der Waals surface area contributed by atoms with Crippen molar-refractivity contribution in [3.8, 4) is 0 Å². The maximum Gasteiger partial charge on any atom is 0.293 e. The van der Waals surface area contributed by atoms with Crippen molar-refractivity contribution in [1.82, 2.24) is 20.1 Å². The van der Waals surface area contributed by atoms with Crippen molar-refractivity contribution < 1.29 is 9.90 Å². The van der Waals surface area contributed by atoms with E-state index in [0.717, 1.165) is 6.42 Å². The van der Waals surface area contributed by atoms with Crippen LogP contribution in [0.2, 0.25) is 0 Å². The summed E-state index contributed by atoms with van der Waals surface area (Å²) < 4.78 is 0. The highest BCUT2D eigenvalue weighted by Crippen LogP contribution is 2.33. The molecule has 4 rings (SSSR count). The number of benzene rings is 2. The molecule has 2 atom stereocenters. The fraction of sp³-hybridized carbons (Fsp3) is 0.300. The van der Waals surface area contributed by atoms with Gasteiger partial charge in [0.2, 0.25) is 5.82 Å². The van der Waals surface area contributed by atoms with Gasteiger partial charge in [-0.25, -0.2) is 4.98 Å². The summed E-state index contributed by atoms with van der Waals surface area (Å²) in [4.78, 5) is 18.9. The zero-order valence-electron chi connectivity index (χ0n) is 14.3. The van der Waals surface area contributed by atoms with Gasteiger partial charge in [-0.15, -0.1) is 10.2 Å². The van der Waals surface area contributed by atoms with Crippen molar-refractivity contribution in [2.24, 2.45) is 5.92 Å². The molecule has 2 heterocycles. The number of fused-ring (bicyclic) bond motifs is 1. The number of hydrogen-bond donors (Lipinski definition) is 1. The number of nitrogens with zero attached hydrogens (tertiary/aromatic N) is 4. The average molecular weight is 348 g/mol. The lowest BCUT2D eigenvalue weighted by molar-refractivity contribution is 0.0565. The molecule has 6 nitrogen and oxygen atoms in total. The molecule has 0 saturated carbocycles. The van der Waals surface area contributed by atoms with E-state index >= 15 is 0 Å². The minimum absolute atomic E-state index is 0.00326. The molecule has 0 unspecified atom stereocenters. The molecule has 3 aromatic rings. The lowest BCUT2D eigenvalue weighted by atomic mass is 9.81. The molecular formula is C20H20N4O2. The van der Waals surface area contributed by atoms with Crippen LogP contribution < -0.4 is 0 Å². The Bertz CT molecular complexity index is 916. The van der Waals surface area contributed by atoms with Gasteiger partial charge in [-0.1, -0.05) is 42.5 Å². The normalized spacial score (nSPS) is 20.3. The highest BCUT2D eigenvalue weighted by atomic mass is 16.3. The molecule has 1 aliphatic rings. The molecule has 1 N–H and O–H groups in total. The number of para-hydroxylation sites is 1. The summed E-state index contributed by atoms with van der Waals surface area (Å²) in [5, 5.41) is 17.9. The first-order chi connectivity index (χ1) is 12.8. The minimum atomic E-state index is -0.229. The first-order valence-corrected chi connectivity index (χ1v) is 8.81. The predicted octanol–water partition coefficient (Wildman–Crippen LogP) is 2.26. The molecule has 1 aliphatic heterocycles. The number of aliphatic hydroxyl groups is 1. The summed E-state index contributed by atoms with van der Waals surface area (Å²) >= 11 is 0. The Morgan fingerprint density at radius 2 is 1.77 bits per heavy atom. The van der Waals surface area contributed by atoms with E-state index < -0.39 is 0 Å². The number of aliphatic hydroxyl groups excluding tert-OH is 1. The standard InChI is InChI=1S/C20H20N4O2/c25-13-15-12-24(11-10-16(15)14-6-2-1-3-7-14)20(26)19-21-17-8-4-5-9-18(17)22-23-19/h1-9,15-16,25H,10-13H2/t15-,16+/m1/s1. The average Bonchev–Trinajstić information content (AvgIpc) is 2.73. The molecule has 1 saturated heterocycles. The molecule has 0 bridgehead atoms. The van der Waals surface area contributed by atoms with E-state index in [-0.39, 0.29) is 30.2 Å². The monoisotopic (exact) mass is 348 g/mol. The van der Waals surface area contributed by atoms with Gasteiger partial charge < -0.3 is 10.0 Å². The molecule has 26 heavy (non-hydrogen) atoms. The van der Waals surface area contributed by atoms with E-state index in [1.807, 2.05) is 42.5 Å². The van der Waals surface area contributed by atoms with Crippen molar-refractivity contribution >= 4 is 16.9 Å². The first kappa shape index (κ1) is 16.6. The van der Waals surface area contributed by atoms with Gasteiger partial charge in [0.15, 0.2) is 0 Å². The third-order valence-electron chi connectivity index (χ3n) is 5.04. The van der Waals surface area contributed by atoms with E-state index in [4.69, 9.17) is 0 Å². The van der Waals surface area contributed by atoms with Gasteiger partial charge in [0.1, 0.15) is 5.52 Å². The summed E-state index contributed by atoms with van der Waals surface area (Å²) in [6.07, 6.45) is 0.808. The Balaban J connectivity index is 1.54. The van der Waals surface area contributed by atoms with Crippen LogP contribution in [-0.4, -0.2) is 50.8 Å². The summed E-state index contributed by atoms with van der Waals surface area (Å²) in [7, 11) is 0. The van der Waals surface area contributed by atoms with Crippen LogP contribution in [0.3, 0.4) is 0 Å². The number of hydrogen-bond acceptors (Lipinski definition) is 5. The molecule has 1 fully saturated rings. The Hall–Kier alpha value is -2.86. The molecule has 0 radical (unpaired) electrons. The van der Waals surface area contributed by atoms with Crippen molar-refractivity contribution in [3.05, 3.63) is 66.0 Å². The SMILES string of the molecule is O=C(c1nnc2ccccc2n1)N1CC[C@@H](c2ccccc2)[C@@H](CO)C1. The van der Waals surface area contributed by atoms with Crippen molar-refractivity contribution in [2.75, 3.05) is 19.7 Å².